The number of rotatable bonds is 3. The van der Waals surface area contributed by atoms with Crippen LogP contribution in [0.25, 0.3) is 42.1 Å². The summed E-state index contributed by atoms with van der Waals surface area (Å²) in [5.74, 6) is 0. The Balaban J connectivity index is 1.42. The van der Waals surface area contributed by atoms with E-state index in [9.17, 15) is 0 Å². The molecule has 1 nitrogen and oxygen atoms in total. The number of hydrogen-bond acceptors (Lipinski definition) is 2. The molecule has 7 aromatic rings. The summed E-state index contributed by atoms with van der Waals surface area (Å²) in [6.07, 6.45) is 0. The van der Waals surface area contributed by atoms with Crippen molar-refractivity contribution in [1.82, 2.24) is 0 Å². The van der Waals surface area contributed by atoms with E-state index in [1.54, 1.807) is 0 Å². The molecule has 39 heavy (non-hydrogen) atoms. The summed E-state index contributed by atoms with van der Waals surface area (Å²) in [6.45, 7) is 4.74. The lowest BCUT2D eigenvalue weighted by Gasteiger charge is -2.28. The topological polar surface area (TPSA) is 3.24 Å². The maximum Gasteiger partial charge on any atom is 0.0540 e. The molecular formula is C37H27NS. The third kappa shape index (κ3) is 3.25. The lowest BCUT2D eigenvalue weighted by molar-refractivity contribution is 0.661. The number of nitrogens with zero attached hydrogens (tertiary/aromatic N) is 1. The van der Waals surface area contributed by atoms with Crippen LogP contribution in [0.2, 0.25) is 0 Å². The molecular weight excluding hydrogens is 490 g/mol. The zero-order chi connectivity index (χ0) is 26.1. The van der Waals surface area contributed by atoms with Crippen molar-refractivity contribution in [2.45, 2.75) is 19.3 Å². The quantitative estimate of drug-likeness (QED) is 0.225. The van der Waals surface area contributed by atoms with Crippen LogP contribution in [-0.2, 0) is 5.41 Å². The molecule has 186 valence electrons. The van der Waals surface area contributed by atoms with E-state index in [1.165, 1.54) is 64.6 Å². The first-order chi connectivity index (χ1) is 19.1. The zero-order valence-corrected chi connectivity index (χ0v) is 22.8. The van der Waals surface area contributed by atoms with Gasteiger partial charge in [0.2, 0.25) is 0 Å². The van der Waals surface area contributed by atoms with E-state index in [-0.39, 0.29) is 5.41 Å². The Morgan fingerprint density at radius 3 is 2.15 bits per heavy atom. The molecule has 6 aromatic carbocycles. The molecule has 1 aromatic heterocycles. The molecule has 0 atom stereocenters. The van der Waals surface area contributed by atoms with Crippen LogP contribution in [0.1, 0.15) is 25.0 Å². The number of benzene rings is 6. The number of anilines is 3. The Morgan fingerprint density at radius 2 is 1.28 bits per heavy atom. The summed E-state index contributed by atoms with van der Waals surface area (Å²) in [6, 6.07) is 46.7. The first-order valence-electron chi connectivity index (χ1n) is 13.5. The van der Waals surface area contributed by atoms with Gasteiger partial charge in [0, 0.05) is 47.9 Å². The van der Waals surface area contributed by atoms with Gasteiger partial charge >= 0.3 is 0 Å². The van der Waals surface area contributed by atoms with Gasteiger partial charge in [0.15, 0.2) is 0 Å². The molecule has 0 N–H and O–H groups in total. The van der Waals surface area contributed by atoms with Crippen LogP contribution in [0, 0.1) is 0 Å². The van der Waals surface area contributed by atoms with Gasteiger partial charge in [-0.3, -0.25) is 0 Å². The van der Waals surface area contributed by atoms with Crippen LogP contribution in [-0.4, -0.2) is 0 Å². The second-order valence-corrected chi connectivity index (χ2v) is 12.0. The second kappa shape index (κ2) is 8.30. The Labute approximate surface area is 232 Å². The highest BCUT2D eigenvalue weighted by atomic mass is 32.1. The summed E-state index contributed by atoms with van der Waals surface area (Å²) in [5.41, 5.74) is 9.06. The fourth-order valence-corrected chi connectivity index (χ4v) is 7.82. The van der Waals surface area contributed by atoms with Gasteiger partial charge < -0.3 is 4.90 Å². The summed E-state index contributed by atoms with van der Waals surface area (Å²) in [4.78, 5) is 2.42. The van der Waals surface area contributed by atoms with E-state index in [1.807, 2.05) is 11.3 Å². The van der Waals surface area contributed by atoms with Crippen molar-refractivity contribution in [3.63, 3.8) is 0 Å². The Kier molecular flexibility index (Phi) is 4.80. The highest BCUT2D eigenvalue weighted by molar-refractivity contribution is 7.26. The van der Waals surface area contributed by atoms with Gasteiger partial charge in [-0.1, -0.05) is 105 Å². The van der Waals surface area contributed by atoms with Gasteiger partial charge in [0.05, 0.1) is 5.69 Å². The van der Waals surface area contributed by atoms with Crippen molar-refractivity contribution in [2.24, 2.45) is 0 Å². The zero-order valence-electron chi connectivity index (χ0n) is 22.0. The molecule has 0 fully saturated rings. The highest BCUT2D eigenvalue weighted by Crippen LogP contribution is 2.55. The van der Waals surface area contributed by atoms with Crippen molar-refractivity contribution in [3.05, 3.63) is 139 Å². The first-order valence-corrected chi connectivity index (χ1v) is 14.4. The molecule has 1 aliphatic rings. The lowest BCUT2D eigenvalue weighted by Crippen LogP contribution is -2.15. The molecule has 0 amide bonds. The van der Waals surface area contributed by atoms with Crippen LogP contribution < -0.4 is 4.90 Å². The van der Waals surface area contributed by atoms with Crippen molar-refractivity contribution in [2.75, 3.05) is 4.90 Å². The van der Waals surface area contributed by atoms with Gasteiger partial charge in [-0.05, 0) is 58.5 Å². The van der Waals surface area contributed by atoms with Crippen molar-refractivity contribution in [3.8, 4) is 11.1 Å². The SMILES string of the molecule is CC1(C)c2ccc(N(c3ccccc3)c3cccc4ccccc34)cc2-c2c1ccc1c2sc2ccccc21. The maximum atomic E-state index is 2.43. The van der Waals surface area contributed by atoms with Gasteiger partial charge in [0.1, 0.15) is 0 Å². The van der Waals surface area contributed by atoms with E-state index < -0.39 is 0 Å². The Hall–Kier alpha value is -4.40. The standard InChI is InChI=1S/C37H27NS/c1-37(2)31-21-19-26(23-30(31)35-32(37)22-20-29-28-16-8-9-18-34(28)39-36(29)35)38(25-13-4-3-5-14-25)33-17-10-12-24-11-6-7-15-27(24)33/h3-23H,1-2H3. The first kappa shape index (κ1) is 22.6. The highest BCUT2D eigenvalue weighted by Gasteiger charge is 2.37. The minimum Gasteiger partial charge on any atom is -0.310 e. The average molecular weight is 518 g/mol. The van der Waals surface area contributed by atoms with E-state index in [4.69, 9.17) is 0 Å². The summed E-state index contributed by atoms with van der Waals surface area (Å²) in [7, 11) is 0. The predicted molar refractivity (Wildman–Crippen MR) is 169 cm³/mol. The predicted octanol–water partition coefficient (Wildman–Crippen LogP) is 11.0. The van der Waals surface area contributed by atoms with Gasteiger partial charge in [-0.2, -0.15) is 0 Å². The Morgan fingerprint density at radius 1 is 0.564 bits per heavy atom. The molecule has 8 rings (SSSR count). The number of thiophene rings is 1. The van der Waals surface area contributed by atoms with Crippen LogP contribution in [0.5, 0.6) is 0 Å². The number of para-hydroxylation sites is 1. The van der Waals surface area contributed by atoms with Crippen LogP contribution >= 0.6 is 11.3 Å². The smallest absolute Gasteiger partial charge is 0.0540 e. The van der Waals surface area contributed by atoms with Gasteiger partial charge in [0.25, 0.3) is 0 Å². The average Bonchev–Trinajstić information content (AvgIpc) is 3.46. The fourth-order valence-electron chi connectivity index (χ4n) is 6.55. The maximum absolute atomic E-state index is 2.43. The summed E-state index contributed by atoms with van der Waals surface area (Å²) in [5, 5.41) is 5.20. The summed E-state index contributed by atoms with van der Waals surface area (Å²) < 4.78 is 2.75. The Bertz CT molecular complexity index is 2040. The molecule has 0 spiro atoms. The molecule has 0 bridgehead atoms. The van der Waals surface area contributed by atoms with Crippen molar-refractivity contribution >= 4 is 59.3 Å². The fraction of sp³-hybridized carbons (Fsp3) is 0.0811. The molecule has 0 aliphatic heterocycles. The van der Waals surface area contributed by atoms with Crippen molar-refractivity contribution in [1.29, 1.82) is 0 Å². The van der Waals surface area contributed by atoms with Gasteiger partial charge in [-0.25, -0.2) is 0 Å². The minimum atomic E-state index is -0.0510. The van der Waals surface area contributed by atoms with E-state index >= 15 is 0 Å². The largest absolute Gasteiger partial charge is 0.310 e. The van der Waals surface area contributed by atoms with Crippen LogP contribution in [0.3, 0.4) is 0 Å². The van der Waals surface area contributed by atoms with E-state index in [0.29, 0.717) is 0 Å². The van der Waals surface area contributed by atoms with Gasteiger partial charge in [-0.15, -0.1) is 11.3 Å². The minimum absolute atomic E-state index is 0.0510. The second-order valence-electron chi connectivity index (χ2n) is 11.0. The number of fused-ring (bicyclic) bond motifs is 8. The molecule has 2 heteroatoms. The molecule has 0 radical (unpaired) electrons. The lowest BCUT2D eigenvalue weighted by atomic mass is 9.82. The normalized spacial score (nSPS) is 13.6. The van der Waals surface area contributed by atoms with Crippen LogP contribution in [0.15, 0.2) is 127 Å². The third-order valence-corrected chi connectivity index (χ3v) is 9.65. The summed E-state index contributed by atoms with van der Waals surface area (Å²) >= 11 is 1.93. The van der Waals surface area contributed by atoms with Crippen molar-refractivity contribution < 1.29 is 0 Å². The monoisotopic (exact) mass is 517 g/mol. The molecule has 1 heterocycles. The molecule has 0 saturated heterocycles. The van der Waals surface area contributed by atoms with E-state index in [0.717, 1.165) is 5.69 Å². The third-order valence-electron chi connectivity index (χ3n) is 8.45. The number of hydrogen-bond donors (Lipinski definition) is 0. The van der Waals surface area contributed by atoms with E-state index in [2.05, 4.69) is 146 Å². The molecule has 0 saturated carbocycles. The molecule has 0 unspecified atom stereocenters. The molecule has 1 aliphatic carbocycles. The van der Waals surface area contributed by atoms with Crippen LogP contribution in [0.4, 0.5) is 17.1 Å².